The van der Waals surface area contributed by atoms with E-state index in [1.807, 2.05) is 6.92 Å². The Labute approximate surface area is 129 Å². The van der Waals surface area contributed by atoms with Crippen molar-refractivity contribution in [2.45, 2.75) is 26.5 Å². The predicted molar refractivity (Wildman–Crippen MR) is 82.4 cm³/mol. The lowest BCUT2D eigenvalue weighted by Crippen LogP contribution is -2.38. The molecule has 0 heterocycles. The SMILES string of the molecule is CCNC(=NCc1ccccc1OC(F)F)NCCCOC. The maximum atomic E-state index is 12.4. The van der Waals surface area contributed by atoms with Gasteiger partial charge in [-0.25, -0.2) is 4.99 Å². The second-order valence-electron chi connectivity index (χ2n) is 4.45. The van der Waals surface area contributed by atoms with Crippen molar-refractivity contribution >= 4 is 5.96 Å². The number of guanidine groups is 1. The van der Waals surface area contributed by atoms with Gasteiger partial charge in [0.05, 0.1) is 6.54 Å². The molecule has 2 N–H and O–H groups in total. The van der Waals surface area contributed by atoms with Crippen molar-refractivity contribution in [1.82, 2.24) is 10.6 Å². The Bertz CT molecular complexity index is 456. The maximum Gasteiger partial charge on any atom is 0.387 e. The minimum absolute atomic E-state index is 0.150. The molecular weight excluding hydrogens is 292 g/mol. The van der Waals surface area contributed by atoms with Crippen LogP contribution in [0.5, 0.6) is 5.75 Å². The van der Waals surface area contributed by atoms with Crippen LogP contribution in [0.25, 0.3) is 0 Å². The molecule has 5 nitrogen and oxygen atoms in total. The fraction of sp³-hybridized carbons (Fsp3) is 0.533. The second-order valence-corrected chi connectivity index (χ2v) is 4.45. The molecule has 0 aromatic heterocycles. The molecule has 0 amide bonds. The van der Waals surface area contributed by atoms with E-state index >= 15 is 0 Å². The third-order valence-corrected chi connectivity index (χ3v) is 2.76. The number of rotatable bonds is 9. The normalized spacial score (nSPS) is 11.6. The van der Waals surface area contributed by atoms with Gasteiger partial charge in [-0.15, -0.1) is 0 Å². The number of para-hydroxylation sites is 1. The summed E-state index contributed by atoms with van der Waals surface area (Å²) in [6.45, 7) is 1.46. The topological polar surface area (TPSA) is 54.9 Å². The van der Waals surface area contributed by atoms with E-state index in [-0.39, 0.29) is 12.3 Å². The summed E-state index contributed by atoms with van der Waals surface area (Å²) >= 11 is 0. The van der Waals surface area contributed by atoms with E-state index in [2.05, 4.69) is 20.4 Å². The van der Waals surface area contributed by atoms with Crippen LogP contribution < -0.4 is 15.4 Å². The first kappa shape index (κ1) is 18.2. The Morgan fingerprint density at radius 2 is 2.05 bits per heavy atom. The van der Waals surface area contributed by atoms with Crippen molar-refractivity contribution in [2.24, 2.45) is 4.99 Å². The van der Waals surface area contributed by atoms with Crippen molar-refractivity contribution < 1.29 is 18.3 Å². The third kappa shape index (κ3) is 7.21. The summed E-state index contributed by atoms with van der Waals surface area (Å²) in [6, 6.07) is 6.65. The number of halogens is 2. The highest BCUT2D eigenvalue weighted by Gasteiger charge is 2.08. The molecule has 0 aliphatic rings. The average molecular weight is 315 g/mol. The molecule has 0 unspecified atom stereocenters. The lowest BCUT2D eigenvalue weighted by atomic mass is 10.2. The van der Waals surface area contributed by atoms with Gasteiger partial charge >= 0.3 is 6.61 Å². The Morgan fingerprint density at radius 3 is 2.73 bits per heavy atom. The Balaban J connectivity index is 2.64. The summed E-state index contributed by atoms with van der Waals surface area (Å²) < 4.78 is 34.2. The quantitative estimate of drug-likeness (QED) is 0.417. The lowest BCUT2D eigenvalue weighted by molar-refractivity contribution is -0.0504. The van der Waals surface area contributed by atoms with Crippen LogP contribution in [0.2, 0.25) is 0 Å². The van der Waals surface area contributed by atoms with Crippen molar-refractivity contribution in [1.29, 1.82) is 0 Å². The minimum atomic E-state index is -2.84. The molecule has 1 aromatic rings. The smallest absolute Gasteiger partial charge is 0.387 e. The van der Waals surface area contributed by atoms with Gasteiger partial charge in [0.1, 0.15) is 5.75 Å². The highest BCUT2D eigenvalue weighted by Crippen LogP contribution is 2.20. The van der Waals surface area contributed by atoms with Crippen molar-refractivity contribution in [3.05, 3.63) is 29.8 Å². The molecule has 0 atom stereocenters. The van der Waals surface area contributed by atoms with E-state index < -0.39 is 6.61 Å². The van der Waals surface area contributed by atoms with Crippen LogP contribution in [0.1, 0.15) is 18.9 Å². The average Bonchev–Trinajstić information content (AvgIpc) is 2.49. The molecule has 7 heteroatoms. The summed E-state index contributed by atoms with van der Waals surface area (Å²) in [7, 11) is 1.65. The van der Waals surface area contributed by atoms with E-state index in [9.17, 15) is 8.78 Å². The molecule has 1 rings (SSSR count). The van der Waals surface area contributed by atoms with Gasteiger partial charge in [-0.3, -0.25) is 0 Å². The van der Waals surface area contributed by atoms with Crippen LogP contribution >= 0.6 is 0 Å². The van der Waals surface area contributed by atoms with Crippen LogP contribution in [-0.4, -0.2) is 39.4 Å². The number of nitrogens with zero attached hydrogens (tertiary/aromatic N) is 1. The molecule has 22 heavy (non-hydrogen) atoms. The molecule has 124 valence electrons. The lowest BCUT2D eigenvalue weighted by Gasteiger charge is -2.12. The summed E-state index contributed by atoms with van der Waals surface area (Å²) in [5.74, 6) is 0.780. The first-order chi connectivity index (χ1) is 10.7. The Kier molecular flexibility index (Phi) is 8.90. The monoisotopic (exact) mass is 315 g/mol. The molecule has 0 radical (unpaired) electrons. The van der Waals surface area contributed by atoms with Crippen LogP contribution in [0.3, 0.4) is 0 Å². The number of aliphatic imine (C=N–C) groups is 1. The highest BCUT2D eigenvalue weighted by atomic mass is 19.3. The largest absolute Gasteiger partial charge is 0.434 e. The number of nitrogens with one attached hydrogen (secondary N) is 2. The number of hydrogen-bond acceptors (Lipinski definition) is 3. The van der Waals surface area contributed by atoms with E-state index in [0.29, 0.717) is 24.7 Å². The van der Waals surface area contributed by atoms with E-state index in [0.717, 1.165) is 13.0 Å². The molecule has 0 aliphatic carbocycles. The van der Waals surface area contributed by atoms with Gasteiger partial charge in [-0.2, -0.15) is 8.78 Å². The van der Waals surface area contributed by atoms with Crippen molar-refractivity contribution in [3.8, 4) is 5.75 Å². The number of methoxy groups -OCH3 is 1. The zero-order valence-electron chi connectivity index (χ0n) is 12.9. The van der Waals surface area contributed by atoms with Gasteiger partial charge in [0.25, 0.3) is 0 Å². The Hall–Kier alpha value is -1.89. The number of ether oxygens (including phenoxy) is 2. The summed E-state index contributed by atoms with van der Waals surface area (Å²) in [5.41, 5.74) is 0.608. The van der Waals surface area contributed by atoms with Gasteiger partial charge in [0.2, 0.25) is 0 Å². The second kappa shape index (κ2) is 10.8. The van der Waals surface area contributed by atoms with Gasteiger partial charge in [-0.1, -0.05) is 18.2 Å². The zero-order chi connectivity index (χ0) is 16.2. The number of alkyl halides is 2. The molecule has 0 fully saturated rings. The Morgan fingerprint density at radius 1 is 1.27 bits per heavy atom. The predicted octanol–water partition coefficient (Wildman–Crippen LogP) is 2.38. The van der Waals surface area contributed by atoms with Crippen LogP contribution in [0.15, 0.2) is 29.3 Å². The first-order valence-corrected chi connectivity index (χ1v) is 7.21. The standard InChI is InChI=1S/C15H23F2N3O2/c1-3-18-15(19-9-6-10-21-2)20-11-12-7-4-5-8-13(12)22-14(16)17/h4-5,7-8,14H,3,6,9-11H2,1-2H3,(H2,18,19,20). The van der Waals surface area contributed by atoms with Crippen molar-refractivity contribution in [2.75, 3.05) is 26.8 Å². The fourth-order valence-electron chi connectivity index (χ4n) is 1.77. The molecule has 1 aromatic carbocycles. The first-order valence-electron chi connectivity index (χ1n) is 7.21. The summed E-state index contributed by atoms with van der Waals surface area (Å²) in [5, 5.41) is 6.26. The molecule has 0 saturated heterocycles. The molecule has 0 saturated carbocycles. The number of benzene rings is 1. The van der Waals surface area contributed by atoms with E-state index in [1.54, 1.807) is 25.3 Å². The number of hydrogen-bond donors (Lipinski definition) is 2. The van der Waals surface area contributed by atoms with E-state index in [1.165, 1.54) is 6.07 Å². The molecular formula is C15H23F2N3O2. The van der Waals surface area contributed by atoms with Crippen molar-refractivity contribution in [3.63, 3.8) is 0 Å². The summed E-state index contributed by atoms with van der Waals surface area (Å²) in [6.07, 6.45) is 0.853. The maximum absolute atomic E-state index is 12.4. The fourth-order valence-corrected chi connectivity index (χ4v) is 1.77. The van der Waals surface area contributed by atoms with Crippen LogP contribution in [-0.2, 0) is 11.3 Å². The molecule has 0 aliphatic heterocycles. The van der Waals surface area contributed by atoms with Gasteiger partial charge in [0, 0.05) is 32.4 Å². The van der Waals surface area contributed by atoms with Gasteiger partial charge < -0.3 is 20.1 Å². The molecule has 0 bridgehead atoms. The zero-order valence-corrected chi connectivity index (χ0v) is 12.9. The van der Waals surface area contributed by atoms with Crippen LogP contribution in [0.4, 0.5) is 8.78 Å². The van der Waals surface area contributed by atoms with Gasteiger partial charge in [-0.05, 0) is 19.4 Å². The van der Waals surface area contributed by atoms with Gasteiger partial charge in [0.15, 0.2) is 5.96 Å². The van der Waals surface area contributed by atoms with Crippen LogP contribution in [0, 0.1) is 0 Å². The highest BCUT2D eigenvalue weighted by molar-refractivity contribution is 5.79. The third-order valence-electron chi connectivity index (χ3n) is 2.76. The molecule has 0 spiro atoms. The van der Waals surface area contributed by atoms with E-state index in [4.69, 9.17) is 4.74 Å². The minimum Gasteiger partial charge on any atom is -0.434 e. The summed E-state index contributed by atoms with van der Waals surface area (Å²) in [4.78, 5) is 4.38.